The minimum absolute atomic E-state index is 0. The first-order valence-corrected chi connectivity index (χ1v) is 5.68. The molecule has 2 N–H and O–H groups in total. The first-order valence-electron chi connectivity index (χ1n) is 4.89. The number of nitrogens with one attached hydrogen (secondary N) is 2. The molecule has 0 amide bonds. The van der Waals surface area contributed by atoms with Crippen LogP contribution in [0.15, 0.2) is 22.9 Å². The zero-order chi connectivity index (χ0) is 9.80. The van der Waals surface area contributed by atoms with E-state index in [1.165, 1.54) is 12.0 Å². The monoisotopic (exact) mass is 291 g/mol. The molecule has 1 atom stereocenters. The Hall–Kier alpha value is -0.160. The van der Waals surface area contributed by atoms with Crippen molar-refractivity contribution in [2.75, 3.05) is 13.1 Å². The molecule has 0 radical (unpaired) electrons. The van der Waals surface area contributed by atoms with Crippen LogP contribution in [0.1, 0.15) is 12.0 Å². The molecule has 2 heterocycles. The summed E-state index contributed by atoms with van der Waals surface area (Å²) in [6, 6.07) is 4.69. The standard InChI is InChI=1S/C10H14BrN3.ClH/c11-10-2-1-8(6-14-10)5-13-9-3-4-12-7-9;/h1-2,6,9,12-13H,3-5,7H2;1H. The molecule has 1 aromatic rings. The van der Waals surface area contributed by atoms with Gasteiger partial charge in [-0.2, -0.15) is 0 Å². The summed E-state index contributed by atoms with van der Waals surface area (Å²) in [6.07, 6.45) is 3.13. The highest BCUT2D eigenvalue weighted by Gasteiger charge is 2.12. The van der Waals surface area contributed by atoms with E-state index in [0.29, 0.717) is 6.04 Å². The Kier molecular flexibility index (Phi) is 5.53. The first-order chi connectivity index (χ1) is 6.84. The van der Waals surface area contributed by atoms with Crippen molar-refractivity contribution in [2.45, 2.75) is 19.0 Å². The highest BCUT2D eigenvalue weighted by Crippen LogP contribution is 2.06. The summed E-state index contributed by atoms with van der Waals surface area (Å²) in [7, 11) is 0. The SMILES string of the molecule is Brc1ccc(CNC2CCNC2)cn1.Cl. The Labute approximate surface area is 105 Å². The second kappa shape index (κ2) is 6.43. The quantitative estimate of drug-likeness (QED) is 0.833. The lowest BCUT2D eigenvalue weighted by molar-refractivity contribution is 0.546. The van der Waals surface area contributed by atoms with Gasteiger partial charge in [0.05, 0.1) is 0 Å². The highest BCUT2D eigenvalue weighted by molar-refractivity contribution is 9.10. The van der Waals surface area contributed by atoms with E-state index in [1.807, 2.05) is 12.3 Å². The molecule has 84 valence electrons. The topological polar surface area (TPSA) is 37.0 Å². The van der Waals surface area contributed by atoms with Gasteiger partial charge in [0, 0.05) is 25.3 Å². The van der Waals surface area contributed by atoms with E-state index in [4.69, 9.17) is 0 Å². The van der Waals surface area contributed by atoms with Gasteiger partial charge < -0.3 is 10.6 Å². The van der Waals surface area contributed by atoms with Gasteiger partial charge in [-0.05, 0) is 40.5 Å². The van der Waals surface area contributed by atoms with Gasteiger partial charge >= 0.3 is 0 Å². The van der Waals surface area contributed by atoms with Gasteiger partial charge in [0.2, 0.25) is 0 Å². The number of halogens is 2. The van der Waals surface area contributed by atoms with Crippen molar-refractivity contribution in [3.63, 3.8) is 0 Å². The number of pyridine rings is 1. The van der Waals surface area contributed by atoms with E-state index < -0.39 is 0 Å². The van der Waals surface area contributed by atoms with E-state index >= 15 is 0 Å². The molecule has 3 nitrogen and oxygen atoms in total. The number of hydrogen-bond donors (Lipinski definition) is 2. The summed E-state index contributed by atoms with van der Waals surface area (Å²) in [5, 5.41) is 6.83. The molecule has 2 rings (SSSR count). The highest BCUT2D eigenvalue weighted by atomic mass is 79.9. The van der Waals surface area contributed by atoms with Crippen molar-refractivity contribution >= 4 is 28.3 Å². The predicted octanol–water partition coefficient (Wildman–Crippen LogP) is 1.72. The zero-order valence-corrected chi connectivity index (χ0v) is 10.8. The summed E-state index contributed by atoms with van der Waals surface area (Å²) in [6.45, 7) is 3.13. The third-order valence-corrected chi connectivity index (χ3v) is 2.91. The summed E-state index contributed by atoms with van der Waals surface area (Å²) in [4.78, 5) is 4.19. The van der Waals surface area contributed by atoms with Crippen molar-refractivity contribution in [2.24, 2.45) is 0 Å². The van der Waals surface area contributed by atoms with Crippen molar-refractivity contribution < 1.29 is 0 Å². The maximum Gasteiger partial charge on any atom is 0.106 e. The third-order valence-electron chi connectivity index (χ3n) is 2.44. The molecule has 1 saturated heterocycles. The van der Waals surface area contributed by atoms with Crippen LogP contribution < -0.4 is 10.6 Å². The van der Waals surface area contributed by atoms with Crippen LogP contribution in [-0.4, -0.2) is 24.1 Å². The van der Waals surface area contributed by atoms with Crippen LogP contribution in [0.2, 0.25) is 0 Å². The minimum Gasteiger partial charge on any atom is -0.315 e. The predicted molar refractivity (Wildman–Crippen MR) is 67.3 cm³/mol. The Balaban J connectivity index is 0.00000112. The molecule has 0 spiro atoms. The van der Waals surface area contributed by atoms with E-state index in [9.17, 15) is 0 Å². The average molecular weight is 293 g/mol. The Bertz CT molecular complexity index is 285. The molecule has 0 bridgehead atoms. The number of nitrogens with zero attached hydrogens (tertiary/aromatic N) is 1. The molecular weight excluding hydrogens is 277 g/mol. The smallest absolute Gasteiger partial charge is 0.106 e. The summed E-state index contributed by atoms with van der Waals surface area (Å²) >= 11 is 3.32. The van der Waals surface area contributed by atoms with Gasteiger partial charge in [0.1, 0.15) is 4.60 Å². The fourth-order valence-electron chi connectivity index (χ4n) is 1.60. The fourth-order valence-corrected chi connectivity index (χ4v) is 1.84. The van der Waals surface area contributed by atoms with Crippen molar-refractivity contribution in [1.29, 1.82) is 0 Å². The lowest BCUT2D eigenvalue weighted by atomic mass is 10.2. The second-order valence-electron chi connectivity index (χ2n) is 3.56. The Morgan fingerprint density at radius 3 is 3.00 bits per heavy atom. The molecule has 15 heavy (non-hydrogen) atoms. The fraction of sp³-hybridized carbons (Fsp3) is 0.500. The molecule has 1 aromatic heterocycles. The zero-order valence-electron chi connectivity index (χ0n) is 8.37. The van der Waals surface area contributed by atoms with Crippen LogP contribution in [0.25, 0.3) is 0 Å². The molecule has 1 fully saturated rings. The molecule has 0 aliphatic carbocycles. The van der Waals surface area contributed by atoms with E-state index in [1.54, 1.807) is 0 Å². The van der Waals surface area contributed by atoms with Crippen LogP contribution in [0.3, 0.4) is 0 Å². The van der Waals surface area contributed by atoms with E-state index in [2.05, 4.69) is 37.6 Å². The normalized spacial score (nSPS) is 19.9. The molecule has 1 aliphatic heterocycles. The lowest BCUT2D eigenvalue weighted by Crippen LogP contribution is -2.30. The van der Waals surface area contributed by atoms with Crippen molar-refractivity contribution in [1.82, 2.24) is 15.6 Å². The number of aromatic nitrogens is 1. The van der Waals surface area contributed by atoms with Crippen LogP contribution >= 0.6 is 28.3 Å². The lowest BCUT2D eigenvalue weighted by Gasteiger charge is -2.10. The van der Waals surface area contributed by atoms with E-state index in [0.717, 1.165) is 24.2 Å². The van der Waals surface area contributed by atoms with Gasteiger partial charge in [-0.15, -0.1) is 12.4 Å². The first kappa shape index (κ1) is 12.9. The van der Waals surface area contributed by atoms with Crippen LogP contribution in [0.4, 0.5) is 0 Å². The molecule has 1 aliphatic rings. The van der Waals surface area contributed by atoms with Gasteiger partial charge in [-0.25, -0.2) is 4.98 Å². The molecule has 0 saturated carbocycles. The third kappa shape index (κ3) is 4.07. The van der Waals surface area contributed by atoms with Gasteiger partial charge in [0.15, 0.2) is 0 Å². The van der Waals surface area contributed by atoms with Crippen LogP contribution in [-0.2, 0) is 6.54 Å². The average Bonchev–Trinajstić information content (AvgIpc) is 2.70. The molecule has 1 unspecified atom stereocenters. The van der Waals surface area contributed by atoms with E-state index in [-0.39, 0.29) is 12.4 Å². The summed E-state index contributed by atoms with van der Waals surface area (Å²) in [5.74, 6) is 0. The number of hydrogen-bond acceptors (Lipinski definition) is 3. The number of rotatable bonds is 3. The van der Waals surface area contributed by atoms with Crippen LogP contribution in [0.5, 0.6) is 0 Å². The van der Waals surface area contributed by atoms with Crippen molar-refractivity contribution in [3.8, 4) is 0 Å². The summed E-state index contributed by atoms with van der Waals surface area (Å²) in [5.41, 5.74) is 1.24. The van der Waals surface area contributed by atoms with Crippen molar-refractivity contribution in [3.05, 3.63) is 28.5 Å². The van der Waals surface area contributed by atoms with Gasteiger partial charge in [0.25, 0.3) is 0 Å². The molecule has 0 aromatic carbocycles. The van der Waals surface area contributed by atoms with Crippen LogP contribution in [0, 0.1) is 0 Å². The summed E-state index contributed by atoms with van der Waals surface area (Å²) < 4.78 is 0.892. The van der Waals surface area contributed by atoms with Gasteiger partial charge in [-0.1, -0.05) is 6.07 Å². The maximum atomic E-state index is 4.19. The maximum absolute atomic E-state index is 4.19. The minimum atomic E-state index is 0. The molecular formula is C10H15BrClN3. The molecule has 5 heteroatoms. The largest absolute Gasteiger partial charge is 0.315 e. The Morgan fingerprint density at radius 1 is 1.53 bits per heavy atom. The second-order valence-corrected chi connectivity index (χ2v) is 4.37. The van der Waals surface area contributed by atoms with Gasteiger partial charge in [-0.3, -0.25) is 0 Å². The Morgan fingerprint density at radius 2 is 2.40 bits per heavy atom.